The molecule has 0 amide bonds. The van der Waals surface area contributed by atoms with Gasteiger partial charge in [-0.2, -0.15) is 0 Å². The van der Waals surface area contributed by atoms with E-state index in [9.17, 15) is 0 Å². The van der Waals surface area contributed by atoms with Gasteiger partial charge in [0, 0.05) is 66.7 Å². The van der Waals surface area contributed by atoms with E-state index in [4.69, 9.17) is 18.6 Å². The minimum Gasteiger partial charge on any atom is -0.457 e. The van der Waals surface area contributed by atoms with Crippen molar-refractivity contribution in [3.05, 3.63) is 299 Å². The summed E-state index contributed by atoms with van der Waals surface area (Å²) in [5.41, 5.74) is 22.7. The minimum atomic E-state index is -2.23. The molecule has 3 aliphatic rings. The van der Waals surface area contributed by atoms with Gasteiger partial charge in [-0.15, -0.1) is 0 Å². The first-order valence-electron chi connectivity index (χ1n) is 33.6. The highest BCUT2D eigenvalue weighted by atomic mass is 16.5. The molecule has 11 aromatic carbocycles. The lowest BCUT2D eigenvalue weighted by Crippen LogP contribution is -2.32. The van der Waals surface area contributed by atoms with Crippen molar-refractivity contribution in [1.82, 2.24) is 9.55 Å². The molecule has 13 aromatic rings. The van der Waals surface area contributed by atoms with E-state index >= 15 is 0 Å². The number of hydrogen-bond acceptors (Lipinski definition) is 5. The SMILES string of the molecule is [2H]C([2H])([2H])c1cccc(-c2cnc(-n3c4ccccc4c4ccc(Oc5cccc(N6CN(c7c(-c8cc(C(C)(C)C)cc(C(C)(C)C)c8)cccc7-c7ccc8c(c7)-c7ccccc7C87c8ccccc8Oc8ccccc87)c7ccccc76)c5)cc43)cc2C(C)(C)C)c1. The molecule has 2 aromatic heterocycles. The van der Waals surface area contributed by atoms with Gasteiger partial charge in [0.2, 0.25) is 0 Å². The van der Waals surface area contributed by atoms with Gasteiger partial charge in [-0.25, -0.2) is 4.98 Å². The Morgan fingerprint density at radius 1 is 0.435 bits per heavy atom. The van der Waals surface area contributed by atoms with Crippen LogP contribution in [0.2, 0.25) is 0 Å². The molecule has 450 valence electrons. The molecule has 0 radical (unpaired) electrons. The van der Waals surface area contributed by atoms with Crippen LogP contribution in [0.4, 0.5) is 22.7 Å². The number of benzene rings is 11. The maximum atomic E-state index is 8.17. The topological polar surface area (TPSA) is 42.8 Å². The van der Waals surface area contributed by atoms with E-state index in [0.29, 0.717) is 23.7 Å². The zero-order valence-electron chi connectivity index (χ0n) is 56.6. The van der Waals surface area contributed by atoms with Crippen molar-refractivity contribution in [3.63, 3.8) is 0 Å². The second kappa shape index (κ2) is 21.1. The van der Waals surface area contributed by atoms with Crippen LogP contribution in [0.15, 0.2) is 255 Å². The number of ether oxygens (including phenoxy) is 2. The van der Waals surface area contributed by atoms with Crippen molar-refractivity contribution >= 4 is 44.6 Å². The number of anilines is 4. The normalized spacial score (nSPS) is 14.5. The highest BCUT2D eigenvalue weighted by Crippen LogP contribution is 2.63. The molecule has 4 heterocycles. The van der Waals surface area contributed by atoms with E-state index in [-0.39, 0.29) is 16.2 Å². The Morgan fingerprint density at radius 3 is 1.76 bits per heavy atom. The quantitative estimate of drug-likeness (QED) is 0.152. The number of fused-ring (bicyclic) bond motifs is 13. The third kappa shape index (κ3) is 9.16. The van der Waals surface area contributed by atoms with Crippen LogP contribution < -0.4 is 19.3 Å². The van der Waals surface area contributed by atoms with Gasteiger partial charge in [0.25, 0.3) is 0 Å². The van der Waals surface area contributed by atoms with Crippen molar-refractivity contribution in [1.29, 1.82) is 0 Å². The van der Waals surface area contributed by atoms with Crippen LogP contribution in [-0.4, -0.2) is 16.2 Å². The van der Waals surface area contributed by atoms with Gasteiger partial charge < -0.3 is 19.3 Å². The second-order valence-electron chi connectivity index (χ2n) is 28.2. The highest BCUT2D eigenvalue weighted by molar-refractivity contribution is 6.09. The summed E-state index contributed by atoms with van der Waals surface area (Å²) in [5, 5.41) is 2.18. The van der Waals surface area contributed by atoms with Crippen LogP contribution in [0.1, 0.15) is 111 Å². The van der Waals surface area contributed by atoms with Crippen molar-refractivity contribution in [2.45, 2.75) is 90.8 Å². The molecule has 0 saturated heterocycles. The van der Waals surface area contributed by atoms with Gasteiger partial charge in [-0.1, -0.05) is 238 Å². The minimum absolute atomic E-state index is 0.104. The van der Waals surface area contributed by atoms with Crippen LogP contribution in [-0.2, 0) is 21.7 Å². The molecule has 92 heavy (non-hydrogen) atoms. The molecule has 0 unspecified atom stereocenters. The van der Waals surface area contributed by atoms with Gasteiger partial charge >= 0.3 is 0 Å². The zero-order chi connectivity index (χ0) is 65.5. The number of aromatic nitrogens is 2. The summed E-state index contributed by atoms with van der Waals surface area (Å²) < 4.78 is 40.5. The number of para-hydroxylation sites is 6. The summed E-state index contributed by atoms with van der Waals surface area (Å²) in [6.07, 6.45) is 1.90. The molecular weight excluding hydrogens is 1120 g/mol. The molecular formula is C86H74N4O2. The lowest BCUT2D eigenvalue weighted by Gasteiger charge is -2.39. The lowest BCUT2D eigenvalue weighted by atomic mass is 9.66. The van der Waals surface area contributed by atoms with Gasteiger partial charge in [0.1, 0.15) is 35.5 Å². The number of hydrogen-bond donors (Lipinski definition) is 0. The number of rotatable bonds is 8. The van der Waals surface area contributed by atoms with Crippen molar-refractivity contribution in [3.8, 4) is 73.3 Å². The summed E-state index contributed by atoms with van der Waals surface area (Å²) >= 11 is 0. The molecule has 2 aliphatic heterocycles. The van der Waals surface area contributed by atoms with E-state index in [2.05, 4.69) is 295 Å². The average molecular weight is 1200 g/mol. The van der Waals surface area contributed by atoms with Crippen LogP contribution in [0, 0.1) is 6.85 Å². The molecule has 1 aliphatic carbocycles. The van der Waals surface area contributed by atoms with Crippen LogP contribution in [0.25, 0.3) is 72.1 Å². The molecule has 0 atom stereocenters. The third-order valence-corrected chi connectivity index (χ3v) is 19.3. The van der Waals surface area contributed by atoms with Crippen molar-refractivity contribution in [2.75, 3.05) is 16.5 Å². The van der Waals surface area contributed by atoms with Crippen LogP contribution in [0.5, 0.6) is 23.0 Å². The Hall–Kier alpha value is -10.4. The van der Waals surface area contributed by atoms with Gasteiger partial charge in [-0.3, -0.25) is 4.57 Å². The standard InChI is InChI=1S/C86H74N4O2/c1-54-24-21-25-55(44-54)69-52-87-81(51-74(69)85(8,9)10)90-75-35-16-12-29-66(75)67-42-41-62(50-78(67)90)91-61-27-22-26-60(49-61)88-53-89(77-37-18-17-36-76(77)88)82-63(30-23-31-64(82)57-45-58(83(2,3)4)48-59(46-57)84(5,6)7)56-40-43-71-68(47-56)65-28-11-13-32-70(65)86(71)72-33-14-19-38-79(72)92-80-39-20-15-34-73(80)86/h11-52H,53H2,1-10H3/i1D3. The van der Waals surface area contributed by atoms with E-state index < -0.39 is 12.3 Å². The van der Waals surface area contributed by atoms with Gasteiger partial charge in [0.05, 0.1) is 33.5 Å². The molecule has 0 bridgehead atoms. The maximum Gasteiger partial charge on any atom is 0.137 e. The summed E-state index contributed by atoms with van der Waals surface area (Å²) in [4.78, 5) is 10.1. The first kappa shape index (κ1) is 53.4. The fraction of sp³-hybridized carbons (Fsp3) is 0.174. The Labute approximate surface area is 544 Å². The van der Waals surface area contributed by atoms with Crippen LogP contribution in [0.3, 0.4) is 0 Å². The smallest absolute Gasteiger partial charge is 0.137 e. The molecule has 6 heteroatoms. The Bertz CT molecular complexity index is 5190. The molecule has 0 N–H and O–H groups in total. The van der Waals surface area contributed by atoms with Crippen molar-refractivity contribution in [2.24, 2.45) is 0 Å². The predicted molar refractivity (Wildman–Crippen MR) is 382 cm³/mol. The summed E-state index contributed by atoms with van der Waals surface area (Å²) in [6.45, 7) is 18.8. The van der Waals surface area contributed by atoms with Crippen LogP contribution >= 0.6 is 0 Å². The first-order chi connectivity index (χ1) is 45.6. The maximum absolute atomic E-state index is 8.17. The molecule has 16 rings (SSSR count). The monoisotopic (exact) mass is 1200 g/mol. The van der Waals surface area contributed by atoms with E-state index in [1.54, 1.807) is 12.1 Å². The third-order valence-electron chi connectivity index (χ3n) is 19.3. The van der Waals surface area contributed by atoms with E-state index in [1.165, 1.54) is 38.9 Å². The Morgan fingerprint density at radius 2 is 1.03 bits per heavy atom. The zero-order valence-corrected chi connectivity index (χ0v) is 53.6. The van der Waals surface area contributed by atoms with Gasteiger partial charge in [-0.05, 0) is 145 Å². The largest absolute Gasteiger partial charge is 0.457 e. The summed E-state index contributed by atoms with van der Waals surface area (Å²) in [7, 11) is 0. The number of pyridine rings is 1. The molecule has 6 nitrogen and oxygen atoms in total. The Balaban J connectivity index is 0.811. The van der Waals surface area contributed by atoms with E-state index in [0.717, 1.165) is 106 Å². The van der Waals surface area contributed by atoms with Crippen molar-refractivity contribution < 1.29 is 13.6 Å². The summed E-state index contributed by atoms with van der Waals surface area (Å²) in [6, 6.07) is 89.0. The number of nitrogens with zero attached hydrogens (tertiary/aromatic N) is 4. The number of aryl methyl sites for hydroxylation is 1. The fourth-order valence-corrected chi connectivity index (χ4v) is 14.8. The Kier molecular flexibility index (Phi) is 12.2. The first-order valence-corrected chi connectivity index (χ1v) is 32.1. The lowest BCUT2D eigenvalue weighted by molar-refractivity contribution is 0.436. The van der Waals surface area contributed by atoms with E-state index in [1.807, 2.05) is 24.4 Å². The average Bonchev–Trinajstić information content (AvgIpc) is 1.55. The molecule has 0 fully saturated rings. The van der Waals surface area contributed by atoms with Gasteiger partial charge in [0.15, 0.2) is 0 Å². The summed E-state index contributed by atoms with van der Waals surface area (Å²) in [5.74, 6) is 3.91. The molecule has 1 spiro atoms. The fourth-order valence-electron chi connectivity index (χ4n) is 14.8. The second-order valence-corrected chi connectivity index (χ2v) is 28.2. The predicted octanol–water partition coefficient (Wildman–Crippen LogP) is 22.9. The molecule has 0 saturated carbocycles. The highest BCUT2D eigenvalue weighted by Gasteiger charge is 2.51.